The fourth-order valence-corrected chi connectivity index (χ4v) is 2.62. The van der Waals surface area contributed by atoms with Crippen LogP contribution in [0.4, 0.5) is 5.69 Å². The molecule has 0 aliphatic carbocycles. The van der Waals surface area contributed by atoms with Crippen molar-refractivity contribution in [3.8, 4) is 6.07 Å². The molecule has 0 spiro atoms. The van der Waals surface area contributed by atoms with Gasteiger partial charge in [0.25, 0.3) is 5.56 Å². The van der Waals surface area contributed by atoms with E-state index in [0.717, 1.165) is 5.56 Å². The highest BCUT2D eigenvalue weighted by Gasteiger charge is 2.09. The van der Waals surface area contributed by atoms with Crippen molar-refractivity contribution < 1.29 is 4.79 Å². The molecule has 1 amide bonds. The Balaban J connectivity index is 1.75. The van der Waals surface area contributed by atoms with Crippen LogP contribution in [0.25, 0.3) is 10.9 Å². The largest absolute Gasteiger partial charge is 0.325 e. The van der Waals surface area contributed by atoms with Gasteiger partial charge in [-0.2, -0.15) is 5.26 Å². The van der Waals surface area contributed by atoms with Crippen LogP contribution >= 0.6 is 0 Å². The van der Waals surface area contributed by atoms with E-state index in [9.17, 15) is 9.59 Å². The number of carbonyl (C=O) groups excluding carboxylic acids is 1. The maximum atomic E-state index is 12.5. The molecule has 0 saturated heterocycles. The van der Waals surface area contributed by atoms with Crippen LogP contribution < -0.4 is 10.9 Å². The molecule has 0 unspecified atom stereocenters. The number of carbonyl (C=O) groups is 1. The third-order valence-electron chi connectivity index (χ3n) is 3.96. The lowest BCUT2D eigenvalue weighted by molar-refractivity contribution is -0.116. The Morgan fingerprint density at radius 2 is 2.04 bits per heavy atom. The molecule has 3 aromatic rings. The maximum Gasteiger partial charge on any atom is 0.261 e. The van der Waals surface area contributed by atoms with Gasteiger partial charge >= 0.3 is 0 Å². The molecule has 0 bridgehead atoms. The lowest BCUT2D eigenvalue weighted by Gasteiger charge is -2.09. The molecule has 0 fully saturated rings. The molecule has 6 heteroatoms. The van der Waals surface area contributed by atoms with Crippen molar-refractivity contribution in [2.24, 2.45) is 0 Å². The van der Waals surface area contributed by atoms with E-state index in [1.807, 2.05) is 25.1 Å². The molecule has 2 aromatic carbocycles. The summed E-state index contributed by atoms with van der Waals surface area (Å²) in [7, 11) is 0. The molecule has 25 heavy (non-hydrogen) atoms. The number of aromatic nitrogens is 2. The summed E-state index contributed by atoms with van der Waals surface area (Å²) in [5, 5.41) is 12.3. The van der Waals surface area contributed by atoms with E-state index < -0.39 is 0 Å². The number of amides is 1. The molecule has 1 N–H and O–H groups in total. The van der Waals surface area contributed by atoms with Crippen LogP contribution in [0, 0.1) is 18.3 Å². The Hall–Kier alpha value is -3.46. The van der Waals surface area contributed by atoms with Gasteiger partial charge in [-0.25, -0.2) is 4.98 Å². The molecule has 0 atom stereocenters. The van der Waals surface area contributed by atoms with E-state index in [-0.39, 0.29) is 24.4 Å². The van der Waals surface area contributed by atoms with Crippen molar-refractivity contribution >= 4 is 22.5 Å². The van der Waals surface area contributed by atoms with Crippen molar-refractivity contribution in [3.63, 3.8) is 0 Å². The van der Waals surface area contributed by atoms with E-state index in [1.165, 1.54) is 10.9 Å². The van der Waals surface area contributed by atoms with Gasteiger partial charge in [-0.15, -0.1) is 0 Å². The summed E-state index contributed by atoms with van der Waals surface area (Å²) in [6.07, 6.45) is 1.58. The van der Waals surface area contributed by atoms with Crippen molar-refractivity contribution in [1.82, 2.24) is 9.55 Å². The van der Waals surface area contributed by atoms with E-state index in [1.54, 1.807) is 30.3 Å². The first-order valence-electron chi connectivity index (χ1n) is 7.84. The number of anilines is 1. The van der Waals surface area contributed by atoms with Gasteiger partial charge in [0.15, 0.2) is 0 Å². The van der Waals surface area contributed by atoms with Crippen LogP contribution in [0.15, 0.2) is 53.6 Å². The quantitative estimate of drug-likeness (QED) is 0.795. The number of nitrogens with zero attached hydrogens (tertiary/aromatic N) is 3. The zero-order valence-electron chi connectivity index (χ0n) is 13.7. The second-order valence-corrected chi connectivity index (χ2v) is 5.67. The molecule has 0 saturated carbocycles. The number of fused-ring (bicyclic) bond motifs is 1. The number of nitriles is 1. The molecule has 0 radical (unpaired) electrons. The Kier molecular flexibility index (Phi) is 4.57. The number of aryl methyl sites for hydroxylation is 2. The Bertz CT molecular complexity index is 1050. The average molecular weight is 332 g/mol. The van der Waals surface area contributed by atoms with E-state index >= 15 is 0 Å². The van der Waals surface area contributed by atoms with Crippen LogP contribution in [0.5, 0.6) is 0 Å². The summed E-state index contributed by atoms with van der Waals surface area (Å²) in [4.78, 5) is 28.9. The highest BCUT2D eigenvalue weighted by Crippen LogP contribution is 2.14. The first-order valence-corrected chi connectivity index (χ1v) is 7.84. The predicted molar refractivity (Wildman–Crippen MR) is 95.1 cm³/mol. The average Bonchev–Trinajstić information content (AvgIpc) is 2.62. The van der Waals surface area contributed by atoms with Crippen molar-refractivity contribution in [3.05, 3.63) is 70.3 Å². The third kappa shape index (κ3) is 3.40. The van der Waals surface area contributed by atoms with Gasteiger partial charge in [0.2, 0.25) is 5.91 Å². The molecule has 3 rings (SSSR count). The minimum atomic E-state index is -0.265. The van der Waals surface area contributed by atoms with Gasteiger partial charge in [-0.3, -0.25) is 14.2 Å². The van der Waals surface area contributed by atoms with E-state index in [0.29, 0.717) is 22.2 Å². The monoisotopic (exact) mass is 332 g/mol. The van der Waals surface area contributed by atoms with Gasteiger partial charge in [0.05, 0.1) is 28.5 Å². The molecule has 124 valence electrons. The SMILES string of the molecule is Cc1cccc2c(=O)n(CCC(=O)Nc3ccccc3C#N)cnc12. The number of rotatable bonds is 4. The fraction of sp³-hybridized carbons (Fsp3) is 0.158. The topological polar surface area (TPSA) is 87.8 Å². The van der Waals surface area contributed by atoms with Crippen LogP contribution in [-0.4, -0.2) is 15.5 Å². The number of hydrogen-bond acceptors (Lipinski definition) is 4. The van der Waals surface area contributed by atoms with Gasteiger partial charge in [0.1, 0.15) is 6.07 Å². The lowest BCUT2D eigenvalue weighted by Crippen LogP contribution is -2.24. The Morgan fingerprint density at radius 1 is 1.24 bits per heavy atom. The van der Waals surface area contributed by atoms with Crippen LogP contribution in [-0.2, 0) is 11.3 Å². The maximum absolute atomic E-state index is 12.5. The second-order valence-electron chi connectivity index (χ2n) is 5.67. The summed E-state index contributed by atoms with van der Waals surface area (Å²) in [5.41, 5.74) is 2.31. The van der Waals surface area contributed by atoms with Gasteiger partial charge < -0.3 is 5.32 Å². The van der Waals surface area contributed by atoms with E-state index in [4.69, 9.17) is 5.26 Å². The standard InChI is InChI=1S/C19H16N4O2/c1-13-5-4-7-15-18(13)21-12-23(19(15)25)10-9-17(24)22-16-8-3-2-6-14(16)11-20/h2-8,12H,9-10H2,1H3,(H,22,24). The summed E-state index contributed by atoms with van der Waals surface area (Å²) in [6, 6.07) is 14.3. The zero-order valence-corrected chi connectivity index (χ0v) is 13.7. The zero-order chi connectivity index (χ0) is 17.8. The Morgan fingerprint density at radius 3 is 2.84 bits per heavy atom. The minimum absolute atomic E-state index is 0.110. The normalized spacial score (nSPS) is 10.4. The molecule has 6 nitrogen and oxygen atoms in total. The highest BCUT2D eigenvalue weighted by molar-refractivity contribution is 5.92. The molecule has 0 aliphatic rings. The smallest absolute Gasteiger partial charge is 0.261 e. The molecular weight excluding hydrogens is 316 g/mol. The Labute approximate surface area is 144 Å². The molecule has 0 aliphatic heterocycles. The summed E-state index contributed by atoms with van der Waals surface area (Å²) >= 11 is 0. The minimum Gasteiger partial charge on any atom is -0.325 e. The van der Waals surface area contributed by atoms with Crippen LogP contribution in [0.3, 0.4) is 0 Å². The fourth-order valence-electron chi connectivity index (χ4n) is 2.62. The molecular formula is C19H16N4O2. The van der Waals surface area contributed by atoms with Crippen molar-refractivity contribution in [2.45, 2.75) is 19.9 Å². The summed E-state index contributed by atoms with van der Waals surface area (Å²) < 4.78 is 1.43. The first-order chi connectivity index (χ1) is 12.1. The summed E-state index contributed by atoms with van der Waals surface area (Å²) in [5.74, 6) is -0.265. The number of benzene rings is 2. The molecule has 1 heterocycles. The predicted octanol–water partition coefficient (Wildman–Crippen LogP) is 2.61. The van der Waals surface area contributed by atoms with Gasteiger partial charge in [-0.1, -0.05) is 24.3 Å². The van der Waals surface area contributed by atoms with Crippen molar-refractivity contribution in [1.29, 1.82) is 5.26 Å². The number of hydrogen-bond donors (Lipinski definition) is 1. The van der Waals surface area contributed by atoms with E-state index in [2.05, 4.69) is 10.3 Å². The van der Waals surface area contributed by atoms with Crippen molar-refractivity contribution in [2.75, 3.05) is 5.32 Å². The third-order valence-corrected chi connectivity index (χ3v) is 3.96. The lowest BCUT2D eigenvalue weighted by atomic mass is 10.1. The van der Waals surface area contributed by atoms with Gasteiger partial charge in [-0.05, 0) is 30.7 Å². The second kappa shape index (κ2) is 6.97. The highest BCUT2D eigenvalue weighted by atomic mass is 16.2. The first kappa shape index (κ1) is 16.4. The summed E-state index contributed by atoms with van der Waals surface area (Å²) in [6.45, 7) is 2.12. The number of para-hydroxylation sites is 2. The van der Waals surface area contributed by atoms with Gasteiger partial charge in [0, 0.05) is 13.0 Å². The molecule has 1 aromatic heterocycles. The van der Waals surface area contributed by atoms with Crippen LogP contribution in [0.1, 0.15) is 17.5 Å². The number of nitrogens with one attached hydrogen (secondary N) is 1. The van der Waals surface area contributed by atoms with Crippen LogP contribution in [0.2, 0.25) is 0 Å².